The summed E-state index contributed by atoms with van der Waals surface area (Å²) in [5.74, 6) is -1.30. The first-order chi connectivity index (χ1) is 25.6. The lowest BCUT2D eigenvalue weighted by Gasteiger charge is -2.25. The van der Waals surface area contributed by atoms with E-state index in [1.807, 2.05) is 0 Å². The summed E-state index contributed by atoms with van der Waals surface area (Å²) in [7, 11) is 0. The van der Waals surface area contributed by atoms with Gasteiger partial charge in [-0.15, -0.1) is 0 Å². The summed E-state index contributed by atoms with van der Waals surface area (Å²) in [6, 6.07) is -0.904. The Hall–Kier alpha value is -1.79. The van der Waals surface area contributed by atoms with Crippen molar-refractivity contribution >= 4 is 18.0 Å². The Morgan fingerprint density at radius 2 is 0.774 bits per heavy atom. The average Bonchev–Trinajstić information content (AvgIpc) is 3.10. The minimum absolute atomic E-state index is 0.0314. The largest absolute Gasteiger partial charge is 0.481 e. The quantitative estimate of drug-likeness (QED) is 0.0543. The van der Waals surface area contributed by atoms with Crippen molar-refractivity contribution in [3.8, 4) is 0 Å². The molecule has 7 heteroatoms. The zero-order chi connectivity index (χ0) is 39.3. The standard InChI is InChI=1S/C46H90N2O5/c1-6-8-10-12-14-16-18-20-22-24-26-28-30-32-34-36-38-41(37-35-33-31-29-27-25-23-21-19-17-15-13-11-9-7-2)47-44(51)42(39-40-43(49)50)48-45(52)53-46(3,4)5/h41-42H,6-40H2,1-5H3,(H,47,51)(H,48,52)(H,49,50). The van der Waals surface area contributed by atoms with Crippen molar-refractivity contribution in [2.24, 2.45) is 0 Å². The number of hydrogen-bond donors (Lipinski definition) is 3. The summed E-state index contributed by atoms with van der Waals surface area (Å²) in [6.45, 7) is 9.86. The number of carboxylic acids is 1. The van der Waals surface area contributed by atoms with Crippen molar-refractivity contribution in [3.05, 3.63) is 0 Å². The van der Waals surface area contributed by atoms with Gasteiger partial charge in [-0.25, -0.2) is 4.79 Å². The second-order valence-corrected chi connectivity index (χ2v) is 17.2. The first-order valence-corrected chi connectivity index (χ1v) is 23.1. The predicted molar refractivity (Wildman–Crippen MR) is 226 cm³/mol. The number of carbonyl (C=O) groups is 3. The second-order valence-electron chi connectivity index (χ2n) is 17.2. The van der Waals surface area contributed by atoms with Crippen LogP contribution in [0.5, 0.6) is 0 Å². The Labute approximate surface area is 329 Å². The van der Waals surface area contributed by atoms with Crippen molar-refractivity contribution in [2.75, 3.05) is 0 Å². The van der Waals surface area contributed by atoms with E-state index in [4.69, 9.17) is 4.74 Å². The van der Waals surface area contributed by atoms with Crippen LogP contribution in [0.2, 0.25) is 0 Å². The van der Waals surface area contributed by atoms with Crippen LogP contribution in [0.1, 0.15) is 259 Å². The van der Waals surface area contributed by atoms with Crippen LogP contribution in [0.15, 0.2) is 0 Å². The van der Waals surface area contributed by atoms with Crippen LogP contribution in [0.3, 0.4) is 0 Å². The lowest BCUT2D eigenvalue weighted by Crippen LogP contribution is -2.50. The molecule has 0 aliphatic carbocycles. The first kappa shape index (κ1) is 51.2. The number of carboxylic acid groups (broad SMARTS) is 1. The van der Waals surface area contributed by atoms with E-state index in [0.29, 0.717) is 0 Å². The Morgan fingerprint density at radius 3 is 1.06 bits per heavy atom. The smallest absolute Gasteiger partial charge is 0.408 e. The van der Waals surface area contributed by atoms with E-state index in [2.05, 4.69) is 24.5 Å². The molecular weight excluding hydrogens is 661 g/mol. The van der Waals surface area contributed by atoms with Gasteiger partial charge in [0.25, 0.3) is 0 Å². The van der Waals surface area contributed by atoms with Gasteiger partial charge in [-0.2, -0.15) is 0 Å². The number of rotatable bonds is 39. The highest BCUT2D eigenvalue weighted by atomic mass is 16.6. The molecule has 2 unspecified atom stereocenters. The van der Waals surface area contributed by atoms with Crippen LogP contribution in [-0.4, -0.2) is 40.8 Å². The van der Waals surface area contributed by atoms with Gasteiger partial charge in [-0.3, -0.25) is 9.59 Å². The van der Waals surface area contributed by atoms with Crippen LogP contribution < -0.4 is 10.6 Å². The highest BCUT2D eigenvalue weighted by molar-refractivity contribution is 5.86. The monoisotopic (exact) mass is 751 g/mol. The summed E-state index contributed by atoms with van der Waals surface area (Å²) in [5.41, 5.74) is -0.707. The van der Waals surface area contributed by atoms with E-state index in [1.54, 1.807) is 20.8 Å². The van der Waals surface area contributed by atoms with Gasteiger partial charge >= 0.3 is 12.1 Å². The number of unbranched alkanes of at least 4 members (excludes halogenated alkanes) is 29. The van der Waals surface area contributed by atoms with E-state index in [9.17, 15) is 19.5 Å². The highest BCUT2D eigenvalue weighted by Gasteiger charge is 2.26. The molecule has 2 amide bonds. The molecule has 0 bridgehead atoms. The summed E-state index contributed by atoms with van der Waals surface area (Å²) >= 11 is 0. The van der Waals surface area contributed by atoms with E-state index in [-0.39, 0.29) is 24.8 Å². The molecule has 0 aliphatic rings. The number of alkyl carbamates (subject to hydrolysis) is 1. The number of ether oxygens (including phenoxy) is 1. The number of carbonyl (C=O) groups excluding carboxylic acids is 2. The summed E-state index contributed by atoms with van der Waals surface area (Å²) in [6.07, 6.45) is 42.2. The molecule has 0 heterocycles. The zero-order valence-electron chi connectivity index (χ0n) is 36.0. The van der Waals surface area contributed by atoms with Gasteiger partial charge in [0.15, 0.2) is 0 Å². The van der Waals surface area contributed by atoms with Gasteiger partial charge in [0.2, 0.25) is 5.91 Å². The maximum atomic E-state index is 13.4. The number of amides is 2. The molecule has 314 valence electrons. The summed E-state index contributed by atoms with van der Waals surface area (Å²) in [4.78, 5) is 37.3. The van der Waals surface area contributed by atoms with Gasteiger partial charge in [0.05, 0.1) is 0 Å². The van der Waals surface area contributed by atoms with Gasteiger partial charge in [-0.1, -0.05) is 213 Å². The van der Waals surface area contributed by atoms with Gasteiger partial charge in [0.1, 0.15) is 11.6 Å². The van der Waals surface area contributed by atoms with Gasteiger partial charge in [-0.05, 0) is 40.0 Å². The van der Waals surface area contributed by atoms with Crippen LogP contribution in [0.25, 0.3) is 0 Å². The van der Waals surface area contributed by atoms with E-state index >= 15 is 0 Å². The number of hydrogen-bond acceptors (Lipinski definition) is 4. The molecule has 0 aromatic rings. The lowest BCUT2D eigenvalue weighted by atomic mass is 9.98. The van der Waals surface area contributed by atoms with E-state index in [1.165, 1.54) is 186 Å². The molecular formula is C46H90N2O5. The molecule has 0 aromatic heterocycles. The topological polar surface area (TPSA) is 105 Å². The first-order valence-electron chi connectivity index (χ1n) is 23.1. The van der Waals surface area contributed by atoms with Gasteiger partial charge in [0, 0.05) is 12.5 Å². The lowest BCUT2D eigenvalue weighted by molar-refractivity contribution is -0.137. The maximum absolute atomic E-state index is 13.4. The molecule has 0 aliphatic heterocycles. The molecule has 7 nitrogen and oxygen atoms in total. The molecule has 0 aromatic carbocycles. The third-order valence-electron chi connectivity index (χ3n) is 10.6. The molecule has 53 heavy (non-hydrogen) atoms. The fourth-order valence-electron chi connectivity index (χ4n) is 7.28. The van der Waals surface area contributed by atoms with E-state index < -0.39 is 23.7 Å². The fourth-order valence-corrected chi connectivity index (χ4v) is 7.28. The fraction of sp³-hybridized carbons (Fsp3) is 0.935. The highest BCUT2D eigenvalue weighted by Crippen LogP contribution is 2.18. The van der Waals surface area contributed by atoms with Crippen LogP contribution in [0.4, 0.5) is 4.79 Å². The molecule has 0 radical (unpaired) electrons. The molecule has 0 spiro atoms. The average molecular weight is 751 g/mol. The summed E-state index contributed by atoms with van der Waals surface area (Å²) < 4.78 is 5.38. The van der Waals surface area contributed by atoms with Crippen LogP contribution in [-0.2, 0) is 14.3 Å². The molecule has 0 saturated heterocycles. The molecule has 0 fully saturated rings. The minimum atomic E-state index is -0.990. The Morgan fingerprint density at radius 1 is 0.472 bits per heavy atom. The molecule has 3 N–H and O–H groups in total. The third-order valence-corrected chi connectivity index (χ3v) is 10.6. The van der Waals surface area contributed by atoms with Crippen molar-refractivity contribution in [2.45, 2.75) is 277 Å². The minimum Gasteiger partial charge on any atom is -0.481 e. The summed E-state index contributed by atoms with van der Waals surface area (Å²) in [5, 5.41) is 15.1. The SMILES string of the molecule is CCCCCCCCCCCCCCCCCCC(CCCCCCCCCCCCCCCCC)NC(=O)C(CCC(=O)O)NC(=O)OC(C)(C)C. The van der Waals surface area contributed by atoms with Crippen molar-refractivity contribution in [1.29, 1.82) is 0 Å². The van der Waals surface area contributed by atoms with Crippen LogP contribution >= 0.6 is 0 Å². The number of nitrogens with one attached hydrogen (secondary N) is 2. The van der Waals surface area contributed by atoms with Crippen LogP contribution in [0, 0.1) is 0 Å². The van der Waals surface area contributed by atoms with Crippen molar-refractivity contribution in [3.63, 3.8) is 0 Å². The Balaban J connectivity index is 4.56. The number of aliphatic carboxylic acids is 1. The Bertz CT molecular complexity index is 842. The van der Waals surface area contributed by atoms with Crippen molar-refractivity contribution < 1.29 is 24.2 Å². The van der Waals surface area contributed by atoms with Crippen molar-refractivity contribution in [1.82, 2.24) is 10.6 Å². The normalized spacial score (nSPS) is 12.8. The zero-order valence-corrected chi connectivity index (χ0v) is 36.0. The predicted octanol–water partition coefficient (Wildman–Crippen LogP) is 14.1. The molecule has 0 saturated carbocycles. The Kier molecular flexibility index (Phi) is 35.9. The van der Waals surface area contributed by atoms with E-state index in [0.717, 1.165) is 25.7 Å². The maximum Gasteiger partial charge on any atom is 0.408 e. The molecule has 2 atom stereocenters. The van der Waals surface area contributed by atoms with Gasteiger partial charge < -0.3 is 20.5 Å². The molecule has 0 rings (SSSR count). The third kappa shape index (κ3) is 38.3. The second kappa shape index (κ2) is 37.1.